The SMILES string of the molecule is NNC(=O)c1ccc(COc2cccc(Cl)c2Cl)nc1. The fourth-order valence-corrected chi connectivity index (χ4v) is 1.82. The Labute approximate surface area is 125 Å². The van der Waals surface area contributed by atoms with Crippen LogP contribution in [0.2, 0.25) is 10.0 Å². The number of hydrazine groups is 1. The quantitative estimate of drug-likeness (QED) is 0.517. The Hall–Kier alpha value is -1.82. The maximum Gasteiger partial charge on any atom is 0.266 e. The number of nitrogens with zero attached hydrogens (tertiary/aromatic N) is 1. The summed E-state index contributed by atoms with van der Waals surface area (Å²) in [7, 11) is 0. The van der Waals surface area contributed by atoms with Gasteiger partial charge in [0.15, 0.2) is 0 Å². The van der Waals surface area contributed by atoms with Crippen molar-refractivity contribution in [3.8, 4) is 5.75 Å². The molecule has 3 N–H and O–H groups in total. The number of nitrogen functional groups attached to an aromatic ring is 1. The van der Waals surface area contributed by atoms with Gasteiger partial charge in [0, 0.05) is 6.20 Å². The molecule has 5 nitrogen and oxygen atoms in total. The molecule has 0 fully saturated rings. The second kappa shape index (κ2) is 6.56. The minimum Gasteiger partial charge on any atom is -0.486 e. The smallest absolute Gasteiger partial charge is 0.266 e. The van der Waals surface area contributed by atoms with E-state index in [4.69, 9.17) is 33.8 Å². The van der Waals surface area contributed by atoms with Crippen LogP contribution in [0.15, 0.2) is 36.5 Å². The first-order valence-electron chi connectivity index (χ1n) is 5.64. The number of nitrogens with one attached hydrogen (secondary N) is 1. The highest BCUT2D eigenvalue weighted by Crippen LogP contribution is 2.31. The molecule has 0 saturated carbocycles. The number of nitrogens with two attached hydrogens (primary N) is 1. The van der Waals surface area contributed by atoms with E-state index in [1.54, 1.807) is 30.3 Å². The molecule has 1 aromatic heterocycles. The van der Waals surface area contributed by atoms with Crippen molar-refractivity contribution in [1.82, 2.24) is 10.4 Å². The van der Waals surface area contributed by atoms with Gasteiger partial charge in [-0.15, -0.1) is 0 Å². The average Bonchev–Trinajstić information content (AvgIpc) is 2.48. The summed E-state index contributed by atoms with van der Waals surface area (Å²) in [6.07, 6.45) is 1.42. The number of pyridine rings is 1. The summed E-state index contributed by atoms with van der Waals surface area (Å²) < 4.78 is 5.53. The number of hydrogen-bond acceptors (Lipinski definition) is 4. The lowest BCUT2D eigenvalue weighted by molar-refractivity contribution is 0.0953. The predicted octanol–water partition coefficient (Wildman–Crippen LogP) is 2.57. The molecule has 0 saturated heterocycles. The first-order valence-corrected chi connectivity index (χ1v) is 6.40. The molecule has 20 heavy (non-hydrogen) atoms. The minimum absolute atomic E-state index is 0.213. The summed E-state index contributed by atoms with van der Waals surface area (Å²) in [5, 5.41) is 0.778. The van der Waals surface area contributed by atoms with Crippen LogP contribution in [0.5, 0.6) is 5.75 Å². The Morgan fingerprint density at radius 3 is 2.75 bits per heavy atom. The third-order valence-electron chi connectivity index (χ3n) is 2.51. The van der Waals surface area contributed by atoms with Crippen molar-refractivity contribution in [3.05, 3.63) is 57.8 Å². The van der Waals surface area contributed by atoms with E-state index in [0.29, 0.717) is 27.1 Å². The monoisotopic (exact) mass is 311 g/mol. The van der Waals surface area contributed by atoms with E-state index < -0.39 is 5.91 Å². The van der Waals surface area contributed by atoms with Gasteiger partial charge in [-0.1, -0.05) is 29.3 Å². The minimum atomic E-state index is -0.400. The van der Waals surface area contributed by atoms with E-state index in [9.17, 15) is 4.79 Å². The number of aromatic nitrogens is 1. The van der Waals surface area contributed by atoms with Crippen LogP contribution in [0.25, 0.3) is 0 Å². The number of hydrogen-bond donors (Lipinski definition) is 2. The molecule has 0 bridgehead atoms. The van der Waals surface area contributed by atoms with Crippen molar-refractivity contribution in [2.45, 2.75) is 6.61 Å². The Morgan fingerprint density at radius 2 is 2.10 bits per heavy atom. The van der Waals surface area contributed by atoms with E-state index in [1.165, 1.54) is 6.20 Å². The van der Waals surface area contributed by atoms with Gasteiger partial charge in [-0.3, -0.25) is 15.2 Å². The fourth-order valence-electron chi connectivity index (χ4n) is 1.47. The number of ether oxygens (including phenoxy) is 1. The Bertz CT molecular complexity index is 618. The lowest BCUT2D eigenvalue weighted by Gasteiger charge is -2.08. The first kappa shape index (κ1) is 14.6. The van der Waals surface area contributed by atoms with Crippen molar-refractivity contribution in [3.63, 3.8) is 0 Å². The molecule has 0 unspecified atom stereocenters. The highest BCUT2D eigenvalue weighted by Gasteiger charge is 2.07. The van der Waals surface area contributed by atoms with Crippen LogP contribution < -0.4 is 16.0 Å². The highest BCUT2D eigenvalue weighted by atomic mass is 35.5. The van der Waals surface area contributed by atoms with E-state index in [0.717, 1.165) is 0 Å². The van der Waals surface area contributed by atoms with Crippen molar-refractivity contribution < 1.29 is 9.53 Å². The average molecular weight is 312 g/mol. The van der Waals surface area contributed by atoms with Gasteiger partial charge in [-0.2, -0.15) is 0 Å². The second-order valence-corrected chi connectivity index (χ2v) is 4.64. The number of halogens is 2. The third-order valence-corrected chi connectivity index (χ3v) is 3.31. The normalized spacial score (nSPS) is 10.2. The van der Waals surface area contributed by atoms with Crippen LogP contribution in [0.1, 0.15) is 16.1 Å². The molecule has 2 aromatic rings. The lowest BCUT2D eigenvalue weighted by Crippen LogP contribution is -2.30. The van der Waals surface area contributed by atoms with Gasteiger partial charge < -0.3 is 4.74 Å². The van der Waals surface area contributed by atoms with Crippen LogP contribution in [0, 0.1) is 0 Å². The Balaban J connectivity index is 2.04. The van der Waals surface area contributed by atoms with Crippen molar-refractivity contribution in [1.29, 1.82) is 0 Å². The van der Waals surface area contributed by atoms with Gasteiger partial charge in [-0.05, 0) is 24.3 Å². The summed E-state index contributed by atoms with van der Waals surface area (Å²) in [6.45, 7) is 0.213. The summed E-state index contributed by atoms with van der Waals surface area (Å²) in [6, 6.07) is 8.40. The van der Waals surface area contributed by atoms with Gasteiger partial charge in [0.1, 0.15) is 17.4 Å². The van der Waals surface area contributed by atoms with Crippen LogP contribution in [-0.2, 0) is 6.61 Å². The molecule has 1 heterocycles. The molecule has 104 valence electrons. The number of amides is 1. The largest absolute Gasteiger partial charge is 0.486 e. The summed E-state index contributed by atoms with van der Waals surface area (Å²) in [5.74, 6) is 5.10. The lowest BCUT2D eigenvalue weighted by atomic mass is 10.2. The molecule has 7 heteroatoms. The van der Waals surface area contributed by atoms with Gasteiger partial charge in [0.25, 0.3) is 5.91 Å². The molecule has 2 rings (SSSR count). The molecular weight excluding hydrogens is 301 g/mol. The predicted molar refractivity (Wildman–Crippen MR) is 76.7 cm³/mol. The summed E-state index contributed by atoms with van der Waals surface area (Å²) >= 11 is 11.9. The van der Waals surface area contributed by atoms with Crippen LogP contribution in [0.3, 0.4) is 0 Å². The number of rotatable bonds is 4. The first-order chi connectivity index (χ1) is 9.61. The van der Waals surface area contributed by atoms with E-state index >= 15 is 0 Å². The Kier molecular flexibility index (Phi) is 4.79. The molecular formula is C13H11Cl2N3O2. The van der Waals surface area contributed by atoms with Gasteiger partial charge in [0.05, 0.1) is 16.3 Å². The van der Waals surface area contributed by atoms with Gasteiger partial charge >= 0.3 is 0 Å². The van der Waals surface area contributed by atoms with Gasteiger partial charge in [0.2, 0.25) is 0 Å². The zero-order valence-corrected chi connectivity index (χ0v) is 11.8. The molecule has 1 aromatic carbocycles. The van der Waals surface area contributed by atoms with Gasteiger partial charge in [-0.25, -0.2) is 5.84 Å². The van der Waals surface area contributed by atoms with E-state index in [2.05, 4.69) is 4.98 Å². The molecule has 0 spiro atoms. The Morgan fingerprint density at radius 1 is 1.30 bits per heavy atom. The summed E-state index contributed by atoms with van der Waals surface area (Å²) in [5.41, 5.74) is 3.05. The molecule has 0 aliphatic rings. The van der Waals surface area contributed by atoms with Crippen molar-refractivity contribution in [2.75, 3.05) is 0 Å². The topological polar surface area (TPSA) is 77.2 Å². The zero-order chi connectivity index (χ0) is 14.5. The highest BCUT2D eigenvalue weighted by molar-refractivity contribution is 6.42. The van der Waals surface area contributed by atoms with E-state index in [-0.39, 0.29) is 6.61 Å². The van der Waals surface area contributed by atoms with Crippen molar-refractivity contribution in [2.24, 2.45) is 5.84 Å². The number of benzene rings is 1. The van der Waals surface area contributed by atoms with Crippen LogP contribution in [0.4, 0.5) is 0 Å². The number of carbonyl (C=O) groups excluding carboxylic acids is 1. The van der Waals surface area contributed by atoms with Crippen LogP contribution >= 0.6 is 23.2 Å². The number of carbonyl (C=O) groups is 1. The maximum atomic E-state index is 11.2. The second-order valence-electron chi connectivity index (χ2n) is 3.85. The molecule has 0 aliphatic carbocycles. The summed E-state index contributed by atoms with van der Waals surface area (Å²) in [4.78, 5) is 15.3. The zero-order valence-electron chi connectivity index (χ0n) is 10.3. The van der Waals surface area contributed by atoms with E-state index in [1.807, 2.05) is 5.43 Å². The molecule has 0 atom stereocenters. The van der Waals surface area contributed by atoms with Crippen molar-refractivity contribution >= 4 is 29.1 Å². The molecule has 0 aliphatic heterocycles. The third kappa shape index (κ3) is 3.39. The molecule has 0 radical (unpaired) electrons. The molecule has 1 amide bonds. The van der Waals surface area contributed by atoms with Crippen LogP contribution in [-0.4, -0.2) is 10.9 Å². The fraction of sp³-hybridized carbons (Fsp3) is 0.0769. The maximum absolute atomic E-state index is 11.2. The standard InChI is InChI=1S/C13H11Cl2N3O2/c14-10-2-1-3-11(12(10)15)20-7-9-5-4-8(6-17-9)13(19)18-16/h1-6H,7,16H2,(H,18,19).